The van der Waals surface area contributed by atoms with Gasteiger partial charge in [0.1, 0.15) is 11.6 Å². The van der Waals surface area contributed by atoms with E-state index in [4.69, 9.17) is 5.73 Å². The molecule has 1 fully saturated rings. The summed E-state index contributed by atoms with van der Waals surface area (Å²) in [5.41, 5.74) is 8.02. The minimum Gasteiger partial charge on any atom is -0.327 e. The Kier molecular flexibility index (Phi) is 5.03. The van der Waals surface area contributed by atoms with Crippen molar-refractivity contribution in [3.63, 3.8) is 0 Å². The van der Waals surface area contributed by atoms with Crippen molar-refractivity contribution in [1.82, 2.24) is 4.90 Å². The van der Waals surface area contributed by atoms with Crippen molar-refractivity contribution < 1.29 is 8.78 Å². The topological polar surface area (TPSA) is 29.3 Å². The van der Waals surface area contributed by atoms with E-state index in [1.165, 1.54) is 18.2 Å². The molecule has 2 unspecified atom stereocenters. The van der Waals surface area contributed by atoms with Crippen molar-refractivity contribution in [3.8, 4) is 0 Å². The molecule has 2 nitrogen and oxygen atoms in total. The van der Waals surface area contributed by atoms with Crippen molar-refractivity contribution in [2.75, 3.05) is 13.1 Å². The van der Waals surface area contributed by atoms with E-state index in [1.807, 2.05) is 24.3 Å². The lowest BCUT2D eigenvalue weighted by molar-refractivity contribution is 0.148. The van der Waals surface area contributed by atoms with Crippen LogP contribution in [0.4, 0.5) is 8.78 Å². The number of hydrogen-bond acceptors (Lipinski definition) is 2. The van der Waals surface area contributed by atoms with E-state index >= 15 is 0 Å². The molecule has 122 valence electrons. The molecule has 1 saturated heterocycles. The van der Waals surface area contributed by atoms with Crippen LogP contribution in [0.3, 0.4) is 0 Å². The van der Waals surface area contributed by atoms with E-state index < -0.39 is 0 Å². The van der Waals surface area contributed by atoms with Crippen molar-refractivity contribution in [2.45, 2.75) is 25.4 Å². The Morgan fingerprint density at radius 2 is 1.74 bits per heavy atom. The minimum atomic E-state index is -0.213. The average molecular weight is 316 g/mol. The highest BCUT2D eigenvalue weighted by molar-refractivity contribution is 5.18. The largest absolute Gasteiger partial charge is 0.327 e. The lowest BCUT2D eigenvalue weighted by atomic mass is 9.89. The highest BCUT2D eigenvalue weighted by Gasteiger charge is 2.25. The second kappa shape index (κ2) is 7.20. The molecule has 2 aromatic rings. The van der Waals surface area contributed by atoms with Crippen LogP contribution in [0, 0.1) is 17.6 Å². The Bertz CT molecular complexity index is 642. The molecular weight excluding hydrogens is 294 g/mol. The van der Waals surface area contributed by atoms with E-state index in [2.05, 4.69) is 4.90 Å². The first-order chi connectivity index (χ1) is 11.1. The van der Waals surface area contributed by atoms with Crippen LogP contribution in [-0.2, 0) is 13.0 Å². The molecule has 1 aliphatic rings. The highest BCUT2D eigenvalue weighted by atomic mass is 19.1. The zero-order valence-corrected chi connectivity index (χ0v) is 13.1. The third kappa shape index (κ3) is 4.36. The molecule has 0 saturated carbocycles. The summed E-state index contributed by atoms with van der Waals surface area (Å²) >= 11 is 0. The fraction of sp³-hybridized carbons (Fsp3) is 0.368. The van der Waals surface area contributed by atoms with Crippen molar-refractivity contribution in [1.29, 1.82) is 0 Å². The molecular formula is C19H22F2N2. The van der Waals surface area contributed by atoms with Gasteiger partial charge in [-0.3, -0.25) is 4.90 Å². The number of nitrogens with zero attached hydrogens (tertiary/aromatic N) is 1. The van der Waals surface area contributed by atoms with Gasteiger partial charge >= 0.3 is 0 Å². The second-order valence-electron chi connectivity index (χ2n) is 6.48. The molecule has 0 radical (unpaired) electrons. The quantitative estimate of drug-likeness (QED) is 0.937. The van der Waals surface area contributed by atoms with Gasteiger partial charge in [0, 0.05) is 31.2 Å². The summed E-state index contributed by atoms with van der Waals surface area (Å²) in [5, 5.41) is 0. The van der Waals surface area contributed by atoms with Crippen LogP contribution in [0.5, 0.6) is 0 Å². The van der Waals surface area contributed by atoms with Gasteiger partial charge < -0.3 is 5.73 Å². The molecule has 2 atom stereocenters. The number of hydrogen-bond donors (Lipinski definition) is 1. The number of rotatable bonds is 4. The standard InChI is InChI=1S/C19H22F2N2/c20-17-7-5-14(6-8-17)9-15-10-18(22)13-23(11-15)12-16-3-1-2-4-19(16)21/h1-8,15,18H,9-13,22H2. The number of nitrogens with two attached hydrogens (primary N) is 1. The summed E-state index contributed by atoms with van der Waals surface area (Å²) < 4.78 is 26.8. The predicted octanol–water partition coefficient (Wildman–Crippen LogP) is 3.36. The molecule has 1 heterocycles. The summed E-state index contributed by atoms with van der Waals surface area (Å²) in [7, 11) is 0. The van der Waals surface area contributed by atoms with Gasteiger partial charge in [0.25, 0.3) is 0 Å². The maximum absolute atomic E-state index is 13.8. The molecule has 2 aromatic carbocycles. The van der Waals surface area contributed by atoms with E-state index in [-0.39, 0.29) is 17.7 Å². The fourth-order valence-corrected chi connectivity index (χ4v) is 3.45. The van der Waals surface area contributed by atoms with Gasteiger partial charge in [-0.05, 0) is 42.5 Å². The first-order valence-corrected chi connectivity index (χ1v) is 8.06. The smallest absolute Gasteiger partial charge is 0.127 e. The van der Waals surface area contributed by atoms with Crippen LogP contribution in [0.25, 0.3) is 0 Å². The first kappa shape index (κ1) is 16.1. The Balaban J connectivity index is 1.64. The minimum absolute atomic E-state index is 0.0981. The lowest BCUT2D eigenvalue weighted by Gasteiger charge is -2.36. The number of piperidine rings is 1. The normalized spacial score (nSPS) is 22.2. The Morgan fingerprint density at radius 1 is 1.00 bits per heavy atom. The van der Waals surface area contributed by atoms with Gasteiger partial charge in [0.05, 0.1) is 0 Å². The van der Waals surface area contributed by atoms with Gasteiger partial charge in [0.2, 0.25) is 0 Å². The second-order valence-corrected chi connectivity index (χ2v) is 6.48. The highest BCUT2D eigenvalue weighted by Crippen LogP contribution is 2.22. The summed E-state index contributed by atoms with van der Waals surface area (Å²) in [6.07, 6.45) is 1.83. The molecule has 4 heteroatoms. The van der Waals surface area contributed by atoms with Crippen LogP contribution >= 0.6 is 0 Å². The van der Waals surface area contributed by atoms with Crippen LogP contribution in [0.15, 0.2) is 48.5 Å². The molecule has 1 aliphatic heterocycles. The van der Waals surface area contributed by atoms with Gasteiger partial charge in [-0.15, -0.1) is 0 Å². The number of halogens is 2. The van der Waals surface area contributed by atoms with Gasteiger partial charge in [0.15, 0.2) is 0 Å². The van der Waals surface area contributed by atoms with Gasteiger partial charge in [-0.2, -0.15) is 0 Å². The lowest BCUT2D eigenvalue weighted by Crippen LogP contribution is -2.47. The Morgan fingerprint density at radius 3 is 2.48 bits per heavy atom. The summed E-state index contributed by atoms with van der Waals surface area (Å²) in [5.74, 6) is 0.0352. The van der Waals surface area contributed by atoms with Crippen molar-refractivity contribution >= 4 is 0 Å². The molecule has 0 bridgehead atoms. The fourth-order valence-electron chi connectivity index (χ4n) is 3.45. The van der Waals surface area contributed by atoms with Crippen LogP contribution in [0.1, 0.15) is 17.5 Å². The summed E-state index contributed by atoms with van der Waals surface area (Å²) in [4.78, 5) is 2.22. The zero-order valence-electron chi connectivity index (χ0n) is 13.1. The molecule has 23 heavy (non-hydrogen) atoms. The van der Waals surface area contributed by atoms with Crippen molar-refractivity contribution in [3.05, 3.63) is 71.3 Å². The average Bonchev–Trinajstić information content (AvgIpc) is 2.51. The third-order valence-electron chi connectivity index (χ3n) is 4.43. The monoisotopic (exact) mass is 316 g/mol. The van der Waals surface area contributed by atoms with Gasteiger partial charge in [-0.25, -0.2) is 8.78 Å². The van der Waals surface area contributed by atoms with E-state index in [9.17, 15) is 8.78 Å². The molecule has 3 rings (SSSR count). The van der Waals surface area contributed by atoms with E-state index in [0.29, 0.717) is 18.0 Å². The molecule has 0 aromatic heterocycles. The predicted molar refractivity (Wildman–Crippen MR) is 87.9 cm³/mol. The van der Waals surface area contributed by atoms with Crippen molar-refractivity contribution in [2.24, 2.45) is 11.7 Å². The number of benzene rings is 2. The summed E-state index contributed by atoms with van der Waals surface area (Å²) in [6, 6.07) is 13.6. The Labute approximate surface area is 135 Å². The van der Waals surface area contributed by atoms with Gasteiger partial charge in [-0.1, -0.05) is 30.3 Å². The molecule has 0 spiro atoms. The van der Waals surface area contributed by atoms with Crippen LogP contribution in [0.2, 0.25) is 0 Å². The maximum atomic E-state index is 13.8. The van der Waals surface area contributed by atoms with Crippen LogP contribution in [-0.4, -0.2) is 24.0 Å². The van der Waals surface area contributed by atoms with E-state index in [1.54, 1.807) is 6.07 Å². The summed E-state index contributed by atoms with van der Waals surface area (Å²) in [6.45, 7) is 2.26. The Hall–Kier alpha value is -1.78. The maximum Gasteiger partial charge on any atom is 0.127 e. The molecule has 0 amide bonds. The first-order valence-electron chi connectivity index (χ1n) is 8.06. The molecule has 0 aliphatic carbocycles. The molecule has 2 N–H and O–H groups in total. The number of likely N-dealkylation sites (tertiary alicyclic amines) is 1. The van der Waals surface area contributed by atoms with E-state index in [0.717, 1.165) is 31.5 Å². The third-order valence-corrected chi connectivity index (χ3v) is 4.43. The van der Waals surface area contributed by atoms with Crippen LogP contribution < -0.4 is 5.73 Å². The zero-order chi connectivity index (χ0) is 16.2. The SMILES string of the molecule is NC1CC(Cc2ccc(F)cc2)CN(Cc2ccccc2F)C1.